The molecule has 1 rings (SSSR count). The van der Waals surface area contributed by atoms with Crippen LogP contribution in [0.5, 0.6) is 0 Å². The van der Waals surface area contributed by atoms with Crippen molar-refractivity contribution in [1.82, 2.24) is 25.5 Å². The van der Waals surface area contributed by atoms with Crippen LogP contribution in [0.2, 0.25) is 0 Å². The molecule has 0 unspecified atom stereocenters. The van der Waals surface area contributed by atoms with E-state index in [0.29, 0.717) is 18.9 Å². The average Bonchev–Trinajstić information content (AvgIpc) is 2.49. The molecular weight excluding hydrogens is 272 g/mol. The monoisotopic (exact) mass is 294 g/mol. The lowest BCUT2D eigenvalue weighted by Gasteiger charge is -2.12. The zero-order valence-electron chi connectivity index (χ0n) is 12.6. The van der Waals surface area contributed by atoms with Gasteiger partial charge in [-0.2, -0.15) is 0 Å². The molecule has 1 aromatic heterocycles. The second kappa shape index (κ2) is 8.72. The van der Waals surface area contributed by atoms with Gasteiger partial charge in [0.15, 0.2) is 0 Å². The second-order valence-corrected chi connectivity index (χ2v) is 4.60. The molecular formula is C13H22N6O2. The van der Waals surface area contributed by atoms with Crippen molar-refractivity contribution in [3.63, 3.8) is 0 Å². The van der Waals surface area contributed by atoms with Crippen LogP contribution < -0.4 is 16.0 Å². The first-order chi connectivity index (χ1) is 10.0. The Morgan fingerprint density at radius 3 is 2.52 bits per heavy atom. The molecule has 1 aromatic rings. The number of nitrogens with one attached hydrogen (secondary N) is 3. The molecule has 3 amide bonds. The molecule has 116 valence electrons. The number of hydrogen-bond acceptors (Lipinski definition) is 5. The van der Waals surface area contributed by atoms with Crippen molar-refractivity contribution in [2.45, 2.75) is 13.3 Å². The molecule has 0 aliphatic carbocycles. The molecule has 0 aliphatic rings. The molecule has 21 heavy (non-hydrogen) atoms. The fourth-order valence-electron chi connectivity index (χ4n) is 1.41. The molecule has 0 aromatic carbocycles. The number of carbonyl (C=O) groups is 2. The van der Waals surface area contributed by atoms with Crippen molar-refractivity contribution in [2.75, 3.05) is 39.0 Å². The Bertz CT molecular complexity index is 477. The standard InChI is InChI=1S/C13H22N6O2/c1-4-5-15-11-9-14-8-10(18-11)12(20)16-6-7-17-13(21)19(2)3/h8-9H,4-7H2,1-3H3,(H,15,18)(H,16,20)(H,17,21). The van der Waals surface area contributed by atoms with Crippen molar-refractivity contribution in [3.05, 3.63) is 18.1 Å². The molecule has 0 fully saturated rings. The number of urea groups is 1. The molecule has 3 N–H and O–H groups in total. The lowest BCUT2D eigenvalue weighted by molar-refractivity contribution is 0.0948. The molecule has 0 saturated carbocycles. The first kappa shape index (κ1) is 16.7. The first-order valence-electron chi connectivity index (χ1n) is 6.84. The Morgan fingerprint density at radius 2 is 1.86 bits per heavy atom. The predicted octanol–water partition coefficient (Wildman–Crippen LogP) is 0.300. The van der Waals surface area contributed by atoms with E-state index < -0.39 is 0 Å². The van der Waals surface area contributed by atoms with E-state index >= 15 is 0 Å². The molecule has 8 heteroatoms. The zero-order chi connectivity index (χ0) is 15.7. The number of aromatic nitrogens is 2. The lowest BCUT2D eigenvalue weighted by atomic mass is 10.4. The highest BCUT2D eigenvalue weighted by Crippen LogP contribution is 2.01. The molecule has 0 aliphatic heterocycles. The number of hydrogen-bond donors (Lipinski definition) is 3. The number of amides is 3. The topological polar surface area (TPSA) is 99.2 Å². The SMILES string of the molecule is CCCNc1cncc(C(=O)NCCNC(=O)N(C)C)n1. The normalized spacial score (nSPS) is 9.86. The van der Waals surface area contributed by atoms with Crippen LogP contribution >= 0.6 is 0 Å². The van der Waals surface area contributed by atoms with Gasteiger partial charge in [-0.25, -0.2) is 9.78 Å². The second-order valence-electron chi connectivity index (χ2n) is 4.60. The third-order valence-electron chi connectivity index (χ3n) is 2.52. The molecule has 0 atom stereocenters. The van der Waals surface area contributed by atoms with Gasteiger partial charge in [0.25, 0.3) is 5.91 Å². The number of anilines is 1. The summed E-state index contributed by atoms with van der Waals surface area (Å²) in [5.74, 6) is 0.257. The molecule has 0 saturated heterocycles. The highest BCUT2D eigenvalue weighted by atomic mass is 16.2. The van der Waals surface area contributed by atoms with Crippen molar-refractivity contribution in [2.24, 2.45) is 0 Å². The van der Waals surface area contributed by atoms with Crippen LogP contribution in [0.25, 0.3) is 0 Å². The largest absolute Gasteiger partial charge is 0.369 e. The lowest BCUT2D eigenvalue weighted by Crippen LogP contribution is -2.39. The van der Waals surface area contributed by atoms with Gasteiger partial charge in [-0.3, -0.25) is 9.78 Å². The Balaban J connectivity index is 2.39. The van der Waals surface area contributed by atoms with Crippen LogP contribution in [-0.4, -0.2) is 60.5 Å². The highest BCUT2D eigenvalue weighted by Gasteiger charge is 2.08. The van der Waals surface area contributed by atoms with Crippen molar-refractivity contribution < 1.29 is 9.59 Å². The summed E-state index contributed by atoms with van der Waals surface area (Å²) in [4.78, 5) is 32.7. The van der Waals surface area contributed by atoms with Crippen LogP contribution in [0.15, 0.2) is 12.4 Å². The van der Waals surface area contributed by atoms with E-state index in [2.05, 4.69) is 25.9 Å². The first-order valence-corrected chi connectivity index (χ1v) is 6.84. The van der Waals surface area contributed by atoms with Crippen LogP contribution in [0, 0.1) is 0 Å². The van der Waals surface area contributed by atoms with Crippen LogP contribution in [0.4, 0.5) is 10.6 Å². The minimum absolute atomic E-state index is 0.199. The van der Waals surface area contributed by atoms with Crippen LogP contribution in [0.1, 0.15) is 23.8 Å². The Kier molecular flexibility index (Phi) is 6.93. The third-order valence-corrected chi connectivity index (χ3v) is 2.52. The van der Waals surface area contributed by atoms with E-state index in [-0.39, 0.29) is 17.6 Å². The third kappa shape index (κ3) is 6.07. The summed E-state index contributed by atoms with van der Waals surface area (Å²) in [6.45, 7) is 3.49. The quantitative estimate of drug-likeness (QED) is 0.628. The predicted molar refractivity (Wildman–Crippen MR) is 80.2 cm³/mol. The number of carbonyl (C=O) groups excluding carboxylic acids is 2. The summed E-state index contributed by atoms with van der Waals surface area (Å²) in [6, 6.07) is -0.199. The van der Waals surface area contributed by atoms with Crippen LogP contribution in [-0.2, 0) is 0 Å². The van der Waals surface area contributed by atoms with Gasteiger partial charge in [-0.1, -0.05) is 6.92 Å². The van der Waals surface area contributed by atoms with E-state index in [1.807, 2.05) is 6.92 Å². The van der Waals surface area contributed by atoms with E-state index in [1.54, 1.807) is 20.3 Å². The molecule has 0 spiro atoms. The Hall–Kier alpha value is -2.38. The maximum absolute atomic E-state index is 11.9. The summed E-state index contributed by atoms with van der Waals surface area (Å²) < 4.78 is 0. The van der Waals surface area contributed by atoms with Gasteiger partial charge in [0.1, 0.15) is 11.5 Å². The summed E-state index contributed by atoms with van der Waals surface area (Å²) in [7, 11) is 3.30. The van der Waals surface area contributed by atoms with Gasteiger partial charge in [0, 0.05) is 33.7 Å². The molecule has 0 radical (unpaired) electrons. The zero-order valence-corrected chi connectivity index (χ0v) is 12.6. The Morgan fingerprint density at radius 1 is 1.14 bits per heavy atom. The summed E-state index contributed by atoms with van der Waals surface area (Å²) in [5, 5.41) is 8.39. The van der Waals surface area contributed by atoms with Crippen molar-refractivity contribution in [3.8, 4) is 0 Å². The maximum atomic E-state index is 11.9. The summed E-state index contributed by atoms with van der Waals surface area (Å²) in [5.41, 5.74) is 0.245. The summed E-state index contributed by atoms with van der Waals surface area (Å²) >= 11 is 0. The van der Waals surface area contributed by atoms with Gasteiger partial charge < -0.3 is 20.9 Å². The summed E-state index contributed by atoms with van der Waals surface area (Å²) in [6.07, 6.45) is 3.94. The van der Waals surface area contributed by atoms with Gasteiger partial charge in [-0.15, -0.1) is 0 Å². The molecule has 8 nitrogen and oxygen atoms in total. The highest BCUT2D eigenvalue weighted by molar-refractivity contribution is 5.92. The molecule has 0 bridgehead atoms. The van der Waals surface area contributed by atoms with E-state index in [4.69, 9.17) is 0 Å². The van der Waals surface area contributed by atoms with E-state index in [0.717, 1.165) is 13.0 Å². The minimum Gasteiger partial charge on any atom is -0.369 e. The Labute approximate surface area is 124 Å². The fraction of sp³-hybridized carbons (Fsp3) is 0.538. The van der Waals surface area contributed by atoms with Crippen molar-refractivity contribution >= 4 is 17.8 Å². The van der Waals surface area contributed by atoms with E-state index in [1.165, 1.54) is 11.1 Å². The van der Waals surface area contributed by atoms with Gasteiger partial charge >= 0.3 is 6.03 Å². The maximum Gasteiger partial charge on any atom is 0.316 e. The van der Waals surface area contributed by atoms with Gasteiger partial charge in [0.2, 0.25) is 0 Å². The molecule has 1 heterocycles. The van der Waals surface area contributed by atoms with Crippen LogP contribution in [0.3, 0.4) is 0 Å². The van der Waals surface area contributed by atoms with E-state index in [9.17, 15) is 9.59 Å². The smallest absolute Gasteiger partial charge is 0.316 e. The number of rotatable bonds is 7. The van der Waals surface area contributed by atoms with Crippen molar-refractivity contribution in [1.29, 1.82) is 0 Å². The minimum atomic E-state index is -0.318. The number of nitrogens with zero attached hydrogens (tertiary/aromatic N) is 3. The van der Waals surface area contributed by atoms with Gasteiger partial charge in [0.05, 0.1) is 12.4 Å². The fourth-order valence-corrected chi connectivity index (χ4v) is 1.41. The van der Waals surface area contributed by atoms with Gasteiger partial charge in [-0.05, 0) is 6.42 Å². The average molecular weight is 294 g/mol.